The molecule has 0 atom stereocenters. The molecule has 0 aromatic rings. The van der Waals surface area contributed by atoms with Crippen LogP contribution in [-0.4, -0.2) is 11.4 Å². The number of rotatable bonds is 1. The summed E-state index contributed by atoms with van der Waals surface area (Å²) >= 11 is -2.30. The summed E-state index contributed by atoms with van der Waals surface area (Å²) in [5, 5.41) is 1.01. The molecule has 0 radical (unpaired) electrons. The fourth-order valence-electron chi connectivity index (χ4n) is 0.931. The Morgan fingerprint density at radius 3 is 1.56 bits per heavy atom. The van der Waals surface area contributed by atoms with Crippen molar-refractivity contribution in [3.63, 3.8) is 0 Å². The van der Waals surface area contributed by atoms with Crippen LogP contribution in [0.5, 0.6) is 0 Å². The molecular formula is C6H14Cl2Ge. The van der Waals surface area contributed by atoms with Gasteiger partial charge in [0, 0.05) is 0 Å². The normalized spacial score (nSPS) is 14.0. The first-order chi connectivity index (χ1) is 3.71. The van der Waals surface area contributed by atoms with Crippen LogP contribution in [0.25, 0.3) is 0 Å². The second-order valence-corrected chi connectivity index (χ2v) is 18.7. The molecule has 0 saturated carbocycles. The van der Waals surface area contributed by atoms with Crippen molar-refractivity contribution < 1.29 is 0 Å². The van der Waals surface area contributed by atoms with E-state index in [2.05, 4.69) is 20.8 Å². The van der Waals surface area contributed by atoms with Crippen LogP contribution >= 0.6 is 20.0 Å². The van der Waals surface area contributed by atoms with Crippen molar-refractivity contribution >= 4 is 31.4 Å². The van der Waals surface area contributed by atoms with E-state index in [1.54, 1.807) is 0 Å². The first-order valence-electron chi connectivity index (χ1n) is 3.09. The molecule has 0 unspecified atom stereocenters. The molecule has 9 heavy (non-hydrogen) atoms. The van der Waals surface area contributed by atoms with Gasteiger partial charge in [0.2, 0.25) is 0 Å². The quantitative estimate of drug-likeness (QED) is 0.603. The van der Waals surface area contributed by atoms with Gasteiger partial charge in [-0.15, -0.1) is 0 Å². The van der Waals surface area contributed by atoms with Gasteiger partial charge in [-0.3, -0.25) is 0 Å². The van der Waals surface area contributed by atoms with Crippen molar-refractivity contribution in [3.05, 3.63) is 0 Å². The topological polar surface area (TPSA) is 0 Å². The Bertz CT molecular complexity index is 76.2. The summed E-state index contributed by atoms with van der Waals surface area (Å²) in [4.78, 5) is 0. The zero-order valence-electron chi connectivity index (χ0n) is 6.46. The molecule has 0 aliphatic rings. The number of hydrogen-bond donors (Lipinski definition) is 0. The average molecular weight is 230 g/mol. The first-order valence-corrected chi connectivity index (χ1v) is 12.2. The molecule has 3 heteroatoms. The van der Waals surface area contributed by atoms with Crippen LogP contribution in [0.4, 0.5) is 0 Å². The van der Waals surface area contributed by atoms with Crippen LogP contribution < -0.4 is 0 Å². The van der Waals surface area contributed by atoms with Crippen LogP contribution in [0, 0.1) is 5.41 Å². The third-order valence-electron chi connectivity index (χ3n) is 0.841. The van der Waals surface area contributed by atoms with Crippen molar-refractivity contribution in [1.82, 2.24) is 0 Å². The Morgan fingerprint density at radius 1 is 1.22 bits per heavy atom. The molecule has 0 aromatic carbocycles. The molecular weight excluding hydrogens is 216 g/mol. The molecule has 0 bridgehead atoms. The van der Waals surface area contributed by atoms with Gasteiger partial charge in [0.05, 0.1) is 0 Å². The Morgan fingerprint density at radius 2 is 1.56 bits per heavy atom. The van der Waals surface area contributed by atoms with Gasteiger partial charge in [0.15, 0.2) is 0 Å². The van der Waals surface area contributed by atoms with Crippen molar-refractivity contribution in [3.8, 4) is 0 Å². The van der Waals surface area contributed by atoms with Crippen LogP contribution in [0.3, 0.4) is 0 Å². The number of halogens is 2. The van der Waals surface area contributed by atoms with Crippen molar-refractivity contribution in [2.24, 2.45) is 5.41 Å². The maximum absolute atomic E-state index is 5.97. The molecule has 0 heterocycles. The van der Waals surface area contributed by atoms with Crippen molar-refractivity contribution in [2.45, 2.75) is 31.8 Å². The Kier molecular flexibility index (Phi) is 3.39. The van der Waals surface area contributed by atoms with E-state index in [-0.39, 0.29) is 0 Å². The molecule has 0 saturated heterocycles. The Labute approximate surface area is 68.6 Å². The summed E-state index contributed by atoms with van der Waals surface area (Å²) in [6.45, 7) is 6.50. The Hall–Kier alpha value is 1.12. The van der Waals surface area contributed by atoms with Gasteiger partial charge in [0.25, 0.3) is 0 Å². The van der Waals surface area contributed by atoms with Crippen LogP contribution in [-0.2, 0) is 0 Å². The zero-order valence-corrected chi connectivity index (χ0v) is 10.1. The maximum atomic E-state index is 5.97. The van der Waals surface area contributed by atoms with Gasteiger partial charge in [-0.25, -0.2) is 0 Å². The van der Waals surface area contributed by atoms with Crippen molar-refractivity contribution in [1.29, 1.82) is 0 Å². The van der Waals surface area contributed by atoms with Crippen molar-refractivity contribution in [2.75, 3.05) is 0 Å². The monoisotopic (exact) mass is 230 g/mol. The van der Waals surface area contributed by atoms with E-state index in [1.165, 1.54) is 0 Å². The summed E-state index contributed by atoms with van der Waals surface area (Å²) < 4.78 is 0. The molecule has 0 fully saturated rings. The van der Waals surface area contributed by atoms with Gasteiger partial charge < -0.3 is 0 Å². The molecule has 0 spiro atoms. The summed E-state index contributed by atoms with van der Waals surface area (Å²) in [7, 11) is 11.9. The van der Waals surface area contributed by atoms with E-state index in [0.717, 1.165) is 5.25 Å². The van der Waals surface area contributed by atoms with Gasteiger partial charge >= 0.3 is 68.6 Å². The summed E-state index contributed by atoms with van der Waals surface area (Å²) in [5.74, 6) is 2.01. The third kappa shape index (κ3) is 9.12. The molecule has 0 amide bonds. The van der Waals surface area contributed by atoms with E-state index in [0.29, 0.717) is 5.41 Å². The fourth-order valence-corrected chi connectivity index (χ4v) is 9.00. The van der Waals surface area contributed by atoms with E-state index in [4.69, 9.17) is 20.0 Å². The minimum absolute atomic E-state index is 0.304. The van der Waals surface area contributed by atoms with Crippen LogP contribution in [0.1, 0.15) is 20.8 Å². The Balaban J connectivity index is 3.75. The summed E-state index contributed by atoms with van der Waals surface area (Å²) in [6, 6.07) is 0. The third-order valence-corrected chi connectivity index (χ3v) is 5.76. The summed E-state index contributed by atoms with van der Waals surface area (Å²) in [5.41, 5.74) is 0.304. The molecule has 0 nitrogen and oxygen atoms in total. The minimum atomic E-state index is -2.30. The van der Waals surface area contributed by atoms with Gasteiger partial charge in [-0.05, 0) is 0 Å². The predicted molar refractivity (Wildman–Crippen MR) is 47.6 cm³/mol. The second kappa shape index (κ2) is 3.02. The summed E-state index contributed by atoms with van der Waals surface area (Å²) in [6.07, 6.45) is 0. The van der Waals surface area contributed by atoms with E-state index >= 15 is 0 Å². The first kappa shape index (κ1) is 10.1. The SMILES string of the molecule is CC(C)(C)[CH2][Ge]([CH3])([Cl])[Cl]. The van der Waals surface area contributed by atoms with Gasteiger partial charge in [-0.1, -0.05) is 0 Å². The van der Waals surface area contributed by atoms with E-state index in [1.807, 2.05) is 5.76 Å². The molecule has 0 aliphatic heterocycles. The second-order valence-electron chi connectivity index (χ2n) is 3.81. The average Bonchev–Trinajstić information content (AvgIpc) is 1.14. The zero-order chi connectivity index (χ0) is 7.71. The molecule has 0 N–H and O–H groups in total. The van der Waals surface area contributed by atoms with Crippen LogP contribution in [0.15, 0.2) is 0 Å². The standard InChI is InChI=1S/C6H14Cl2Ge/c1-6(2,3)5-9(4,7)8/h5H2,1-4H3. The molecule has 0 aliphatic carbocycles. The molecule has 0 rings (SSSR count). The fraction of sp³-hybridized carbons (Fsp3) is 1.00. The predicted octanol–water partition coefficient (Wildman–Crippen LogP) is 3.58. The molecule has 0 aromatic heterocycles. The molecule has 56 valence electrons. The van der Waals surface area contributed by atoms with Gasteiger partial charge in [-0.2, -0.15) is 0 Å². The van der Waals surface area contributed by atoms with Crippen LogP contribution in [0.2, 0.25) is 11.0 Å². The van der Waals surface area contributed by atoms with Gasteiger partial charge in [0.1, 0.15) is 0 Å². The number of hydrogen-bond acceptors (Lipinski definition) is 0. The van der Waals surface area contributed by atoms with E-state index in [9.17, 15) is 0 Å². The van der Waals surface area contributed by atoms with E-state index < -0.39 is 11.4 Å².